The molecule has 7 heteroatoms. The van der Waals surface area contributed by atoms with Crippen LogP contribution in [0.2, 0.25) is 5.02 Å². The van der Waals surface area contributed by atoms with E-state index in [0.717, 1.165) is 11.3 Å². The summed E-state index contributed by atoms with van der Waals surface area (Å²) in [5.41, 5.74) is 8.22. The number of carbonyl (C=O) groups excluding carboxylic acids is 1. The maximum Gasteiger partial charge on any atom is 0.227 e. The quantitative estimate of drug-likeness (QED) is 0.709. The molecule has 0 radical (unpaired) electrons. The summed E-state index contributed by atoms with van der Waals surface area (Å²) < 4.78 is 1.90. The van der Waals surface area contributed by atoms with E-state index in [1.807, 2.05) is 47.9 Å². The molecule has 5 nitrogen and oxygen atoms in total. The minimum atomic E-state index is -0.400. The molecule has 3 aromatic rings. The van der Waals surface area contributed by atoms with E-state index in [1.54, 1.807) is 12.1 Å². The number of nitrogens with two attached hydrogens (primary N) is 1. The Hall–Kier alpha value is -2.31. The van der Waals surface area contributed by atoms with Gasteiger partial charge in [0, 0.05) is 16.3 Å². The molecule has 0 bridgehead atoms. The number of rotatable bonds is 5. The Morgan fingerprint density at radius 1 is 1.12 bits per heavy atom. The minimum absolute atomic E-state index is 0.139. The number of aryl methyl sites for hydroxylation is 1. The fourth-order valence-corrected chi connectivity index (χ4v) is 3.03. The number of primary amides is 1. The van der Waals surface area contributed by atoms with Crippen molar-refractivity contribution in [3.63, 3.8) is 0 Å². The van der Waals surface area contributed by atoms with Crippen molar-refractivity contribution < 1.29 is 4.79 Å². The molecular weight excluding hydrogens is 344 g/mol. The first-order chi connectivity index (χ1) is 11.5. The van der Waals surface area contributed by atoms with Crippen LogP contribution in [0.4, 0.5) is 0 Å². The van der Waals surface area contributed by atoms with Crippen LogP contribution in [0.3, 0.4) is 0 Å². The van der Waals surface area contributed by atoms with Crippen molar-refractivity contribution in [2.45, 2.75) is 12.1 Å². The Balaban J connectivity index is 2.09. The van der Waals surface area contributed by atoms with Crippen molar-refractivity contribution in [2.24, 2.45) is 5.73 Å². The number of nitrogens with zero attached hydrogens (tertiary/aromatic N) is 3. The number of aromatic nitrogens is 3. The summed E-state index contributed by atoms with van der Waals surface area (Å²) in [6.45, 7) is 2.03. The van der Waals surface area contributed by atoms with Gasteiger partial charge in [-0.1, -0.05) is 53.2 Å². The lowest BCUT2D eigenvalue weighted by Crippen LogP contribution is -2.13. The molecule has 122 valence electrons. The lowest BCUT2D eigenvalue weighted by atomic mass is 10.1. The molecule has 3 rings (SSSR count). The molecule has 24 heavy (non-hydrogen) atoms. The second-order valence-corrected chi connectivity index (χ2v) is 6.62. The highest BCUT2D eigenvalue weighted by Gasteiger charge is 2.16. The van der Waals surface area contributed by atoms with Crippen LogP contribution in [0.1, 0.15) is 5.56 Å². The molecule has 2 N–H and O–H groups in total. The third-order valence-electron chi connectivity index (χ3n) is 3.37. The summed E-state index contributed by atoms with van der Waals surface area (Å²) in [7, 11) is 0. The predicted octanol–water partition coefficient (Wildman–Crippen LogP) is 3.47. The zero-order chi connectivity index (χ0) is 17.1. The number of benzene rings is 2. The molecule has 0 unspecified atom stereocenters. The number of carbonyl (C=O) groups is 1. The summed E-state index contributed by atoms with van der Waals surface area (Å²) >= 11 is 7.24. The van der Waals surface area contributed by atoms with Crippen LogP contribution in [-0.4, -0.2) is 26.4 Å². The number of halogens is 1. The van der Waals surface area contributed by atoms with Gasteiger partial charge < -0.3 is 5.73 Å². The molecular formula is C17H15ClN4OS. The summed E-state index contributed by atoms with van der Waals surface area (Å²) in [5, 5.41) is 9.77. The van der Waals surface area contributed by atoms with Gasteiger partial charge >= 0.3 is 0 Å². The molecule has 1 aromatic heterocycles. The second kappa shape index (κ2) is 7.07. The van der Waals surface area contributed by atoms with Crippen LogP contribution >= 0.6 is 23.4 Å². The molecule has 0 spiro atoms. The van der Waals surface area contributed by atoms with E-state index < -0.39 is 5.91 Å². The van der Waals surface area contributed by atoms with Crippen molar-refractivity contribution in [2.75, 3.05) is 5.75 Å². The summed E-state index contributed by atoms with van der Waals surface area (Å²) in [4.78, 5) is 11.1. The highest BCUT2D eigenvalue weighted by molar-refractivity contribution is 7.99. The maximum absolute atomic E-state index is 11.1. The van der Waals surface area contributed by atoms with E-state index in [4.69, 9.17) is 17.3 Å². The van der Waals surface area contributed by atoms with Gasteiger partial charge in [0.1, 0.15) is 0 Å². The normalized spacial score (nSPS) is 10.8. The highest BCUT2D eigenvalue weighted by Crippen LogP contribution is 2.28. The highest BCUT2D eigenvalue weighted by atomic mass is 35.5. The van der Waals surface area contributed by atoms with Gasteiger partial charge in [0.15, 0.2) is 11.0 Å². The van der Waals surface area contributed by atoms with Crippen LogP contribution in [0.15, 0.2) is 53.7 Å². The fraction of sp³-hybridized carbons (Fsp3) is 0.118. The van der Waals surface area contributed by atoms with E-state index in [2.05, 4.69) is 10.2 Å². The SMILES string of the molecule is Cc1ccc(-c2nnc(SCC(N)=O)n2-c2ccc(Cl)cc2)cc1. The Bertz CT molecular complexity index is 859. The lowest BCUT2D eigenvalue weighted by molar-refractivity contribution is -0.115. The Morgan fingerprint density at radius 2 is 1.79 bits per heavy atom. The van der Waals surface area contributed by atoms with Crippen LogP contribution in [0.25, 0.3) is 17.1 Å². The minimum Gasteiger partial charge on any atom is -0.369 e. The van der Waals surface area contributed by atoms with Gasteiger partial charge in [-0.2, -0.15) is 0 Å². The van der Waals surface area contributed by atoms with Gasteiger partial charge in [-0.05, 0) is 31.2 Å². The number of amides is 1. The van der Waals surface area contributed by atoms with Crippen molar-refractivity contribution >= 4 is 29.3 Å². The van der Waals surface area contributed by atoms with Crippen LogP contribution in [-0.2, 0) is 4.79 Å². The first-order valence-corrected chi connectivity index (χ1v) is 8.60. The first kappa shape index (κ1) is 16.5. The molecule has 1 heterocycles. The lowest BCUT2D eigenvalue weighted by Gasteiger charge is -2.10. The average molecular weight is 359 g/mol. The fourth-order valence-electron chi connectivity index (χ4n) is 2.21. The van der Waals surface area contributed by atoms with Gasteiger partial charge in [0.05, 0.1) is 5.75 Å². The number of hydrogen-bond donors (Lipinski definition) is 1. The standard InChI is InChI=1S/C17H15ClN4OS/c1-11-2-4-12(5-3-11)16-20-21-17(24-10-15(19)23)22(16)14-8-6-13(18)7-9-14/h2-9H,10H2,1H3,(H2,19,23). The van der Waals surface area contributed by atoms with E-state index in [1.165, 1.54) is 17.3 Å². The molecule has 0 aliphatic rings. The first-order valence-electron chi connectivity index (χ1n) is 7.24. The monoisotopic (exact) mass is 358 g/mol. The van der Waals surface area contributed by atoms with Crippen LogP contribution in [0, 0.1) is 6.92 Å². The molecule has 2 aromatic carbocycles. The van der Waals surface area contributed by atoms with Gasteiger partial charge in [-0.15, -0.1) is 10.2 Å². The molecule has 0 atom stereocenters. The topological polar surface area (TPSA) is 73.8 Å². The van der Waals surface area contributed by atoms with E-state index in [-0.39, 0.29) is 5.75 Å². The predicted molar refractivity (Wildman–Crippen MR) is 96.5 cm³/mol. The molecule has 0 fully saturated rings. The van der Waals surface area contributed by atoms with Gasteiger partial charge in [-0.25, -0.2) is 0 Å². The van der Waals surface area contributed by atoms with Crippen molar-refractivity contribution in [3.05, 3.63) is 59.1 Å². The summed E-state index contributed by atoms with van der Waals surface area (Å²) in [6, 6.07) is 15.4. The second-order valence-electron chi connectivity index (χ2n) is 5.24. The number of thioether (sulfide) groups is 1. The van der Waals surface area contributed by atoms with Gasteiger partial charge in [0.25, 0.3) is 0 Å². The largest absolute Gasteiger partial charge is 0.369 e. The van der Waals surface area contributed by atoms with Crippen LogP contribution < -0.4 is 5.73 Å². The van der Waals surface area contributed by atoms with Gasteiger partial charge in [0.2, 0.25) is 5.91 Å². The van der Waals surface area contributed by atoms with Crippen molar-refractivity contribution in [1.82, 2.24) is 14.8 Å². The molecule has 0 saturated heterocycles. The van der Waals surface area contributed by atoms with E-state index >= 15 is 0 Å². The van der Waals surface area contributed by atoms with Crippen molar-refractivity contribution in [3.8, 4) is 17.1 Å². The molecule has 1 amide bonds. The average Bonchev–Trinajstić information content (AvgIpc) is 2.98. The summed E-state index contributed by atoms with van der Waals surface area (Å²) in [6.07, 6.45) is 0. The Labute approximate surface area is 148 Å². The molecule has 0 saturated carbocycles. The maximum atomic E-state index is 11.1. The number of hydrogen-bond acceptors (Lipinski definition) is 4. The Morgan fingerprint density at radius 3 is 2.42 bits per heavy atom. The van der Waals surface area contributed by atoms with Gasteiger partial charge in [-0.3, -0.25) is 9.36 Å². The Kier molecular flexibility index (Phi) is 4.87. The summed E-state index contributed by atoms with van der Waals surface area (Å²) in [5.74, 6) is 0.437. The van der Waals surface area contributed by atoms with E-state index in [0.29, 0.717) is 16.0 Å². The third-order valence-corrected chi connectivity index (χ3v) is 4.57. The van der Waals surface area contributed by atoms with Crippen LogP contribution in [0.5, 0.6) is 0 Å². The van der Waals surface area contributed by atoms with Crippen molar-refractivity contribution in [1.29, 1.82) is 0 Å². The molecule has 0 aliphatic heterocycles. The van der Waals surface area contributed by atoms with E-state index in [9.17, 15) is 4.79 Å². The zero-order valence-corrected chi connectivity index (χ0v) is 14.5. The smallest absolute Gasteiger partial charge is 0.227 e. The third kappa shape index (κ3) is 3.60. The molecule has 0 aliphatic carbocycles. The zero-order valence-electron chi connectivity index (χ0n) is 12.9.